The number of nitrogens with zero attached hydrogens (tertiary/aromatic N) is 1. The fourth-order valence-electron chi connectivity index (χ4n) is 2.69. The van der Waals surface area contributed by atoms with Gasteiger partial charge in [0.25, 0.3) is 0 Å². The lowest BCUT2D eigenvalue weighted by molar-refractivity contribution is 0.0692. The number of nitriles is 1. The van der Waals surface area contributed by atoms with Gasteiger partial charge in [0.2, 0.25) is 0 Å². The predicted octanol–water partition coefficient (Wildman–Crippen LogP) is 5.16. The van der Waals surface area contributed by atoms with Gasteiger partial charge in [0.1, 0.15) is 17.9 Å². The average molecular weight is 364 g/mol. The minimum atomic E-state index is -1.17. The SMILES string of the molecule is N#Cc1ccc(OCc2ccccc2)c(C(=O)O)c1-c1cccc(Cl)c1. The minimum Gasteiger partial charge on any atom is -0.488 e. The summed E-state index contributed by atoms with van der Waals surface area (Å²) in [7, 11) is 0. The second kappa shape index (κ2) is 7.73. The highest BCUT2D eigenvalue weighted by molar-refractivity contribution is 6.30. The van der Waals surface area contributed by atoms with E-state index in [-0.39, 0.29) is 23.5 Å². The molecule has 26 heavy (non-hydrogen) atoms. The van der Waals surface area contributed by atoms with Gasteiger partial charge >= 0.3 is 5.97 Å². The van der Waals surface area contributed by atoms with E-state index in [2.05, 4.69) is 0 Å². The van der Waals surface area contributed by atoms with E-state index in [4.69, 9.17) is 16.3 Å². The molecule has 0 amide bonds. The molecule has 0 atom stereocenters. The summed E-state index contributed by atoms with van der Waals surface area (Å²) in [6.45, 7) is 0.224. The van der Waals surface area contributed by atoms with E-state index in [1.165, 1.54) is 6.07 Å². The Labute approximate surface area is 155 Å². The van der Waals surface area contributed by atoms with Gasteiger partial charge in [-0.15, -0.1) is 0 Å². The van der Waals surface area contributed by atoms with E-state index >= 15 is 0 Å². The normalized spacial score (nSPS) is 10.2. The van der Waals surface area contributed by atoms with Crippen LogP contribution in [0.2, 0.25) is 5.02 Å². The summed E-state index contributed by atoms with van der Waals surface area (Å²) in [5.41, 5.74) is 1.96. The van der Waals surface area contributed by atoms with E-state index in [1.807, 2.05) is 36.4 Å². The van der Waals surface area contributed by atoms with Gasteiger partial charge in [0, 0.05) is 10.6 Å². The average Bonchev–Trinajstić information content (AvgIpc) is 2.66. The van der Waals surface area contributed by atoms with Gasteiger partial charge < -0.3 is 9.84 Å². The van der Waals surface area contributed by atoms with E-state index in [0.29, 0.717) is 16.1 Å². The first-order valence-electron chi connectivity index (χ1n) is 7.83. The molecule has 3 aromatic rings. The summed E-state index contributed by atoms with van der Waals surface area (Å²) in [6, 6.07) is 21.3. The molecule has 0 heterocycles. The summed E-state index contributed by atoms with van der Waals surface area (Å²) >= 11 is 6.04. The number of carbonyl (C=O) groups is 1. The van der Waals surface area contributed by atoms with Gasteiger partial charge in [0.15, 0.2) is 0 Å². The molecule has 3 rings (SSSR count). The van der Waals surface area contributed by atoms with Crippen molar-refractivity contribution in [3.8, 4) is 22.9 Å². The first-order valence-corrected chi connectivity index (χ1v) is 8.21. The Balaban J connectivity index is 2.10. The zero-order chi connectivity index (χ0) is 18.5. The van der Waals surface area contributed by atoms with Gasteiger partial charge in [-0.05, 0) is 35.4 Å². The van der Waals surface area contributed by atoms with Crippen LogP contribution in [0.3, 0.4) is 0 Å². The molecular weight excluding hydrogens is 350 g/mol. The third kappa shape index (κ3) is 3.69. The van der Waals surface area contributed by atoms with Crippen molar-refractivity contribution in [2.45, 2.75) is 6.61 Å². The first kappa shape index (κ1) is 17.5. The van der Waals surface area contributed by atoms with Crippen molar-refractivity contribution in [2.24, 2.45) is 0 Å². The number of hydrogen-bond acceptors (Lipinski definition) is 3. The molecule has 5 heteroatoms. The highest BCUT2D eigenvalue weighted by Gasteiger charge is 2.22. The Bertz CT molecular complexity index is 994. The second-order valence-electron chi connectivity index (χ2n) is 5.56. The van der Waals surface area contributed by atoms with Crippen molar-refractivity contribution < 1.29 is 14.6 Å². The van der Waals surface area contributed by atoms with Crippen molar-refractivity contribution in [1.29, 1.82) is 5.26 Å². The Hall–Kier alpha value is -3.29. The van der Waals surface area contributed by atoms with Crippen LogP contribution in [-0.4, -0.2) is 11.1 Å². The standard InChI is InChI=1S/C21H14ClNO3/c22-17-8-4-7-15(11-17)19-16(12-23)9-10-18(20(19)21(24)25)26-13-14-5-2-1-3-6-14/h1-11H,13H2,(H,24,25). The number of aromatic carboxylic acids is 1. The smallest absolute Gasteiger partial charge is 0.340 e. The molecule has 0 aliphatic heterocycles. The summed E-state index contributed by atoms with van der Waals surface area (Å²) in [4.78, 5) is 12.0. The zero-order valence-electron chi connectivity index (χ0n) is 13.6. The highest BCUT2D eigenvalue weighted by atomic mass is 35.5. The fourth-order valence-corrected chi connectivity index (χ4v) is 2.88. The van der Waals surface area contributed by atoms with Crippen LogP contribution >= 0.6 is 11.6 Å². The maximum absolute atomic E-state index is 12.0. The number of carboxylic acids is 1. The van der Waals surface area contributed by atoms with Crippen molar-refractivity contribution in [3.05, 3.63) is 88.4 Å². The summed E-state index contributed by atoms with van der Waals surface area (Å²) in [6.07, 6.45) is 0. The maximum Gasteiger partial charge on any atom is 0.340 e. The Kier molecular flexibility index (Phi) is 5.21. The second-order valence-corrected chi connectivity index (χ2v) is 6.00. The van der Waals surface area contributed by atoms with Crippen LogP contribution in [0, 0.1) is 11.3 Å². The van der Waals surface area contributed by atoms with Crippen LogP contribution in [0.25, 0.3) is 11.1 Å². The van der Waals surface area contributed by atoms with Crippen molar-refractivity contribution in [3.63, 3.8) is 0 Å². The largest absolute Gasteiger partial charge is 0.488 e. The molecule has 3 aromatic carbocycles. The number of benzene rings is 3. The summed E-state index contributed by atoms with van der Waals surface area (Å²) in [5.74, 6) is -0.963. The molecule has 0 radical (unpaired) electrons. The molecule has 1 N–H and O–H groups in total. The van der Waals surface area contributed by atoms with Crippen LogP contribution in [-0.2, 0) is 6.61 Å². The summed E-state index contributed by atoms with van der Waals surface area (Å²) < 4.78 is 5.75. The fraction of sp³-hybridized carbons (Fsp3) is 0.0476. The van der Waals surface area contributed by atoms with Crippen LogP contribution in [0.5, 0.6) is 5.75 Å². The number of ether oxygens (including phenoxy) is 1. The lowest BCUT2D eigenvalue weighted by Crippen LogP contribution is -2.07. The van der Waals surface area contributed by atoms with Crippen molar-refractivity contribution >= 4 is 17.6 Å². The molecule has 0 spiro atoms. The van der Waals surface area contributed by atoms with E-state index < -0.39 is 5.97 Å². The molecule has 0 bridgehead atoms. The van der Waals surface area contributed by atoms with Gasteiger partial charge in [-0.3, -0.25) is 0 Å². The number of halogens is 1. The van der Waals surface area contributed by atoms with Gasteiger partial charge in [-0.25, -0.2) is 4.79 Å². The van der Waals surface area contributed by atoms with Crippen LogP contribution in [0.15, 0.2) is 66.7 Å². The monoisotopic (exact) mass is 363 g/mol. The van der Waals surface area contributed by atoms with Crippen LogP contribution in [0.4, 0.5) is 0 Å². The third-order valence-electron chi connectivity index (χ3n) is 3.85. The van der Waals surface area contributed by atoms with Crippen molar-refractivity contribution in [2.75, 3.05) is 0 Å². The summed E-state index contributed by atoms with van der Waals surface area (Å²) in [5, 5.41) is 19.7. The Morgan fingerprint density at radius 3 is 2.50 bits per heavy atom. The molecule has 0 saturated carbocycles. The van der Waals surface area contributed by atoms with Crippen molar-refractivity contribution in [1.82, 2.24) is 0 Å². The topological polar surface area (TPSA) is 70.3 Å². The zero-order valence-corrected chi connectivity index (χ0v) is 14.4. The molecule has 0 aliphatic carbocycles. The third-order valence-corrected chi connectivity index (χ3v) is 4.09. The van der Waals surface area contributed by atoms with E-state index in [9.17, 15) is 15.2 Å². The predicted molar refractivity (Wildman–Crippen MR) is 99.3 cm³/mol. The first-order chi connectivity index (χ1) is 12.6. The Morgan fingerprint density at radius 2 is 1.85 bits per heavy atom. The molecule has 4 nitrogen and oxygen atoms in total. The molecule has 0 fully saturated rings. The lowest BCUT2D eigenvalue weighted by atomic mass is 9.94. The lowest BCUT2D eigenvalue weighted by Gasteiger charge is -2.15. The van der Waals surface area contributed by atoms with Gasteiger partial charge in [0.05, 0.1) is 11.6 Å². The molecule has 0 aromatic heterocycles. The molecule has 0 saturated heterocycles. The molecule has 128 valence electrons. The quantitative estimate of drug-likeness (QED) is 0.680. The van der Waals surface area contributed by atoms with Crippen LogP contribution in [0.1, 0.15) is 21.5 Å². The maximum atomic E-state index is 12.0. The van der Waals surface area contributed by atoms with Gasteiger partial charge in [-0.2, -0.15) is 5.26 Å². The molecule has 0 aliphatic rings. The number of rotatable bonds is 5. The number of carboxylic acid groups (broad SMARTS) is 1. The van der Waals surface area contributed by atoms with E-state index in [1.54, 1.807) is 30.3 Å². The Morgan fingerprint density at radius 1 is 1.08 bits per heavy atom. The molecule has 0 unspecified atom stereocenters. The van der Waals surface area contributed by atoms with Gasteiger partial charge in [-0.1, -0.05) is 54.1 Å². The molecular formula is C21H14ClNO3. The highest BCUT2D eigenvalue weighted by Crippen LogP contribution is 2.35. The minimum absolute atomic E-state index is 0.0535. The van der Waals surface area contributed by atoms with Crippen LogP contribution < -0.4 is 4.74 Å². The van der Waals surface area contributed by atoms with E-state index in [0.717, 1.165) is 5.56 Å². The number of hydrogen-bond donors (Lipinski definition) is 1.